The van der Waals surface area contributed by atoms with Crippen molar-refractivity contribution in [2.24, 2.45) is 0 Å². The van der Waals surface area contributed by atoms with Gasteiger partial charge in [-0.1, -0.05) is 36.9 Å². The molecule has 0 aromatic heterocycles. The molecule has 16 heavy (non-hydrogen) atoms. The molecule has 0 aliphatic heterocycles. The minimum absolute atomic E-state index is 0.154. The molecule has 0 bridgehead atoms. The fraction of sp³-hybridized carbons (Fsp3) is 0.333. The zero-order valence-corrected chi connectivity index (χ0v) is 8.86. The summed E-state index contributed by atoms with van der Waals surface area (Å²) in [4.78, 5) is 0. The lowest BCUT2D eigenvalue weighted by molar-refractivity contribution is -0.115. The SMILES string of the molecule is C=CC(F)(F)COCOCc1ccccc1. The van der Waals surface area contributed by atoms with Crippen LogP contribution in [-0.2, 0) is 16.1 Å². The molecule has 0 fully saturated rings. The topological polar surface area (TPSA) is 18.5 Å². The molecule has 0 amide bonds. The van der Waals surface area contributed by atoms with Crippen molar-refractivity contribution in [1.82, 2.24) is 0 Å². The molecule has 0 saturated heterocycles. The fourth-order valence-electron chi connectivity index (χ4n) is 1.03. The lowest BCUT2D eigenvalue weighted by Gasteiger charge is -2.11. The molecule has 0 radical (unpaired) electrons. The van der Waals surface area contributed by atoms with Gasteiger partial charge in [0.2, 0.25) is 0 Å². The molecule has 4 heteroatoms. The lowest BCUT2D eigenvalue weighted by atomic mass is 10.2. The van der Waals surface area contributed by atoms with Gasteiger partial charge in [-0.3, -0.25) is 0 Å². The summed E-state index contributed by atoms with van der Waals surface area (Å²) in [6.45, 7) is 2.50. The summed E-state index contributed by atoms with van der Waals surface area (Å²) in [5, 5.41) is 0. The van der Waals surface area contributed by atoms with E-state index in [-0.39, 0.29) is 6.79 Å². The highest BCUT2D eigenvalue weighted by Gasteiger charge is 2.23. The lowest BCUT2D eigenvalue weighted by Crippen LogP contribution is -2.21. The van der Waals surface area contributed by atoms with Gasteiger partial charge in [-0.15, -0.1) is 0 Å². The quantitative estimate of drug-likeness (QED) is 0.406. The molecule has 0 unspecified atom stereocenters. The standard InChI is InChI=1S/C12H14F2O2/c1-2-12(13,14)9-16-10-15-8-11-6-4-3-5-7-11/h2-7H,1,8-10H2. The minimum atomic E-state index is -2.99. The van der Waals surface area contributed by atoms with E-state index in [1.165, 1.54) is 0 Å². The molecule has 1 aromatic rings. The summed E-state index contributed by atoms with van der Waals surface area (Å²) in [6, 6.07) is 9.43. The van der Waals surface area contributed by atoms with Crippen LogP contribution < -0.4 is 0 Å². The molecule has 0 heterocycles. The fourth-order valence-corrected chi connectivity index (χ4v) is 1.03. The van der Waals surface area contributed by atoms with E-state index in [4.69, 9.17) is 4.74 Å². The van der Waals surface area contributed by atoms with Crippen LogP contribution in [0.4, 0.5) is 8.78 Å². The van der Waals surface area contributed by atoms with E-state index >= 15 is 0 Å². The Morgan fingerprint density at radius 1 is 1.19 bits per heavy atom. The highest BCUT2D eigenvalue weighted by Crippen LogP contribution is 2.14. The summed E-state index contributed by atoms with van der Waals surface area (Å²) in [6.07, 6.45) is 0.560. The molecule has 1 aromatic carbocycles. The zero-order chi connectivity index (χ0) is 11.9. The second kappa shape index (κ2) is 6.35. The van der Waals surface area contributed by atoms with E-state index in [1.54, 1.807) is 0 Å². The van der Waals surface area contributed by atoms with Crippen molar-refractivity contribution in [1.29, 1.82) is 0 Å². The first-order valence-electron chi connectivity index (χ1n) is 4.85. The van der Waals surface area contributed by atoms with Crippen molar-refractivity contribution in [2.75, 3.05) is 13.4 Å². The Kier molecular flexibility index (Phi) is 5.08. The van der Waals surface area contributed by atoms with E-state index in [1.807, 2.05) is 30.3 Å². The molecule has 0 aliphatic rings. The van der Waals surface area contributed by atoms with E-state index in [9.17, 15) is 8.78 Å². The Bertz CT molecular complexity index is 312. The molecule has 0 N–H and O–H groups in total. The van der Waals surface area contributed by atoms with Crippen LogP contribution in [0, 0.1) is 0 Å². The second-order valence-corrected chi connectivity index (χ2v) is 3.27. The summed E-state index contributed by atoms with van der Waals surface area (Å²) < 4.78 is 34.9. The predicted octanol–water partition coefficient (Wildman–Crippen LogP) is 3.00. The van der Waals surface area contributed by atoms with Crippen LogP contribution in [0.5, 0.6) is 0 Å². The van der Waals surface area contributed by atoms with Crippen LogP contribution in [0.2, 0.25) is 0 Å². The van der Waals surface area contributed by atoms with Gasteiger partial charge < -0.3 is 9.47 Å². The highest BCUT2D eigenvalue weighted by atomic mass is 19.3. The minimum Gasteiger partial charge on any atom is -0.351 e. The summed E-state index contributed by atoms with van der Waals surface area (Å²) in [5.74, 6) is -2.99. The summed E-state index contributed by atoms with van der Waals surface area (Å²) in [7, 11) is 0. The van der Waals surface area contributed by atoms with Gasteiger partial charge in [-0.2, -0.15) is 8.78 Å². The average molecular weight is 228 g/mol. The Morgan fingerprint density at radius 2 is 1.88 bits per heavy atom. The molecule has 0 aliphatic carbocycles. The van der Waals surface area contributed by atoms with Gasteiger partial charge in [0, 0.05) is 0 Å². The predicted molar refractivity (Wildman–Crippen MR) is 57.2 cm³/mol. The van der Waals surface area contributed by atoms with Crippen molar-refractivity contribution in [3.8, 4) is 0 Å². The third-order valence-corrected chi connectivity index (χ3v) is 1.87. The second-order valence-electron chi connectivity index (χ2n) is 3.27. The smallest absolute Gasteiger partial charge is 0.289 e. The van der Waals surface area contributed by atoms with Gasteiger partial charge in [0.1, 0.15) is 13.4 Å². The normalized spacial score (nSPS) is 11.4. The van der Waals surface area contributed by atoms with Crippen LogP contribution in [0.15, 0.2) is 43.0 Å². The van der Waals surface area contributed by atoms with Crippen LogP contribution in [0.3, 0.4) is 0 Å². The maximum absolute atomic E-state index is 12.6. The molecule has 0 spiro atoms. The molecule has 0 saturated carbocycles. The van der Waals surface area contributed by atoms with Gasteiger partial charge in [-0.25, -0.2) is 0 Å². The number of hydrogen-bond acceptors (Lipinski definition) is 2. The highest BCUT2D eigenvalue weighted by molar-refractivity contribution is 5.13. The number of hydrogen-bond donors (Lipinski definition) is 0. The van der Waals surface area contributed by atoms with Crippen LogP contribution in [-0.4, -0.2) is 19.3 Å². The van der Waals surface area contributed by atoms with Gasteiger partial charge in [0.15, 0.2) is 0 Å². The first-order chi connectivity index (χ1) is 7.64. The van der Waals surface area contributed by atoms with Crippen LogP contribution >= 0.6 is 0 Å². The van der Waals surface area contributed by atoms with Crippen LogP contribution in [0.25, 0.3) is 0 Å². The van der Waals surface area contributed by atoms with E-state index < -0.39 is 12.5 Å². The first-order valence-corrected chi connectivity index (χ1v) is 4.85. The van der Waals surface area contributed by atoms with Gasteiger partial charge in [0.25, 0.3) is 5.92 Å². The van der Waals surface area contributed by atoms with Gasteiger partial charge in [0.05, 0.1) is 6.61 Å². The largest absolute Gasteiger partial charge is 0.351 e. The third kappa shape index (κ3) is 5.00. The molecular weight excluding hydrogens is 214 g/mol. The number of ether oxygens (including phenoxy) is 2. The van der Waals surface area contributed by atoms with Crippen LogP contribution in [0.1, 0.15) is 5.56 Å². The number of benzene rings is 1. The van der Waals surface area contributed by atoms with E-state index in [2.05, 4.69) is 11.3 Å². The Balaban J connectivity index is 2.11. The van der Waals surface area contributed by atoms with Crippen molar-refractivity contribution in [3.05, 3.63) is 48.6 Å². The van der Waals surface area contributed by atoms with Crippen molar-refractivity contribution in [2.45, 2.75) is 12.5 Å². The number of rotatable bonds is 7. The van der Waals surface area contributed by atoms with Gasteiger partial charge >= 0.3 is 0 Å². The molecule has 88 valence electrons. The maximum atomic E-state index is 12.6. The van der Waals surface area contributed by atoms with E-state index in [0.717, 1.165) is 5.56 Å². The molecular formula is C12H14F2O2. The van der Waals surface area contributed by atoms with Crippen molar-refractivity contribution < 1.29 is 18.3 Å². The first kappa shape index (κ1) is 12.8. The number of halogens is 2. The monoisotopic (exact) mass is 228 g/mol. The summed E-state index contributed by atoms with van der Waals surface area (Å²) in [5.41, 5.74) is 0.974. The van der Waals surface area contributed by atoms with E-state index in [0.29, 0.717) is 12.7 Å². The Labute approximate surface area is 93.5 Å². The third-order valence-electron chi connectivity index (χ3n) is 1.87. The molecule has 0 atom stereocenters. The average Bonchev–Trinajstić information content (AvgIpc) is 2.30. The zero-order valence-electron chi connectivity index (χ0n) is 8.86. The van der Waals surface area contributed by atoms with Crippen molar-refractivity contribution >= 4 is 0 Å². The molecule has 2 nitrogen and oxygen atoms in total. The number of alkyl halides is 2. The Hall–Kier alpha value is -1.26. The van der Waals surface area contributed by atoms with Crippen molar-refractivity contribution in [3.63, 3.8) is 0 Å². The summed E-state index contributed by atoms with van der Waals surface area (Å²) >= 11 is 0. The maximum Gasteiger partial charge on any atom is 0.289 e. The molecule has 1 rings (SSSR count). The van der Waals surface area contributed by atoms with Gasteiger partial charge in [-0.05, 0) is 11.6 Å². The Morgan fingerprint density at radius 3 is 2.50 bits per heavy atom.